The van der Waals surface area contributed by atoms with Gasteiger partial charge in [-0.25, -0.2) is 9.78 Å². The number of aromatic carboxylic acids is 1. The van der Waals surface area contributed by atoms with E-state index in [1.165, 1.54) is 5.38 Å². The van der Waals surface area contributed by atoms with Gasteiger partial charge in [0, 0.05) is 11.9 Å². The smallest absolute Gasteiger partial charge is 0.355 e. The molecule has 2 heterocycles. The van der Waals surface area contributed by atoms with Crippen molar-refractivity contribution >= 4 is 23.2 Å². The van der Waals surface area contributed by atoms with Crippen molar-refractivity contribution < 1.29 is 19.4 Å². The second-order valence-electron chi connectivity index (χ2n) is 4.51. The zero-order chi connectivity index (χ0) is 14.0. The third-order valence-electron chi connectivity index (χ3n) is 3.11. The van der Waals surface area contributed by atoms with Crippen LogP contribution in [0, 0.1) is 0 Å². The molecule has 7 heteroatoms. The summed E-state index contributed by atoms with van der Waals surface area (Å²) in [7, 11) is 0. The van der Waals surface area contributed by atoms with Gasteiger partial charge in [0.1, 0.15) is 0 Å². The van der Waals surface area contributed by atoms with Crippen LogP contribution in [0.2, 0.25) is 0 Å². The van der Waals surface area contributed by atoms with Gasteiger partial charge in [-0.15, -0.1) is 11.3 Å². The Hall–Kier alpha value is -1.47. The Balaban J connectivity index is 2.18. The average Bonchev–Trinajstić information content (AvgIpc) is 2.87. The van der Waals surface area contributed by atoms with Crippen LogP contribution in [0.4, 0.5) is 0 Å². The van der Waals surface area contributed by atoms with Crippen LogP contribution in [0.1, 0.15) is 40.6 Å². The molecule has 0 radical (unpaired) electrons. The van der Waals surface area contributed by atoms with Gasteiger partial charge >= 0.3 is 5.97 Å². The number of carbonyl (C=O) groups excluding carboxylic acids is 1. The molecular weight excluding hydrogens is 268 g/mol. The number of ether oxygens (including phenoxy) is 1. The minimum absolute atomic E-state index is 0.00865. The van der Waals surface area contributed by atoms with Gasteiger partial charge in [-0.2, -0.15) is 0 Å². The Morgan fingerprint density at radius 3 is 2.95 bits per heavy atom. The van der Waals surface area contributed by atoms with Crippen molar-refractivity contribution in [2.24, 2.45) is 0 Å². The number of rotatable bonds is 3. The van der Waals surface area contributed by atoms with Crippen LogP contribution in [0.5, 0.6) is 0 Å². The van der Waals surface area contributed by atoms with E-state index in [4.69, 9.17) is 9.84 Å². The molecule has 1 amide bonds. The summed E-state index contributed by atoms with van der Waals surface area (Å²) in [6, 6.07) is 0.0286. The lowest BCUT2D eigenvalue weighted by Crippen LogP contribution is -2.51. The summed E-state index contributed by atoms with van der Waals surface area (Å²) in [5.41, 5.74) is -0.0808. The molecule has 0 aliphatic carbocycles. The SMILES string of the molecule is CCC1COC(C)CN1C(=O)c1nc(C(=O)O)cs1. The molecule has 1 saturated heterocycles. The Morgan fingerprint density at radius 2 is 2.37 bits per heavy atom. The van der Waals surface area contributed by atoms with Crippen molar-refractivity contribution in [3.05, 3.63) is 16.1 Å². The molecule has 1 aromatic rings. The van der Waals surface area contributed by atoms with Gasteiger partial charge in [0.25, 0.3) is 5.91 Å². The maximum absolute atomic E-state index is 12.4. The molecule has 0 saturated carbocycles. The highest BCUT2D eigenvalue weighted by Crippen LogP contribution is 2.20. The third-order valence-corrected chi connectivity index (χ3v) is 3.94. The van der Waals surface area contributed by atoms with E-state index in [0.29, 0.717) is 13.2 Å². The Bertz CT molecular complexity index is 488. The molecule has 2 atom stereocenters. The molecule has 19 heavy (non-hydrogen) atoms. The van der Waals surface area contributed by atoms with Crippen LogP contribution in [-0.4, -0.2) is 52.2 Å². The fraction of sp³-hybridized carbons (Fsp3) is 0.583. The fourth-order valence-corrected chi connectivity index (χ4v) is 2.77. The summed E-state index contributed by atoms with van der Waals surface area (Å²) < 4.78 is 5.54. The van der Waals surface area contributed by atoms with Gasteiger partial charge in [-0.05, 0) is 13.3 Å². The molecule has 1 fully saturated rings. The van der Waals surface area contributed by atoms with E-state index in [-0.39, 0.29) is 28.8 Å². The van der Waals surface area contributed by atoms with Gasteiger partial charge in [0.15, 0.2) is 10.7 Å². The molecule has 6 nitrogen and oxygen atoms in total. The van der Waals surface area contributed by atoms with Gasteiger partial charge in [0.2, 0.25) is 0 Å². The lowest BCUT2D eigenvalue weighted by molar-refractivity contribution is -0.0444. The van der Waals surface area contributed by atoms with Crippen LogP contribution in [0.15, 0.2) is 5.38 Å². The molecule has 104 valence electrons. The number of thiazole rings is 1. The first kappa shape index (κ1) is 14.0. The monoisotopic (exact) mass is 284 g/mol. The summed E-state index contributed by atoms with van der Waals surface area (Å²) >= 11 is 1.07. The molecule has 2 rings (SSSR count). The number of carboxylic acid groups (broad SMARTS) is 1. The molecule has 0 spiro atoms. The molecule has 1 N–H and O–H groups in total. The second-order valence-corrected chi connectivity index (χ2v) is 5.36. The number of carboxylic acids is 1. The van der Waals surface area contributed by atoms with Crippen LogP contribution < -0.4 is 0 Å². The largest absolute Gasteiger partial charge is 0.476 e. The number of nitrogens with zero attached hydrogens (tertiary/aromatic N) is 2. The lowest BCUT2D eigenvalue weighted by Gasteiger charge is -2.37. The first-order chi connectivity index (χ1) is 9.02. The van der Waals surface area contributed by atoms with E-state index in [0.717, 1.165) is 17.8 Å². The van der Waals surface area contributed by atoms with Crippen LogP contribution in [0.25, 0.3) is 0 Å². The molecule has 1 aliphatic rings. The van der Waals surface area contributed by atoms with Gasteiger partial charge in [-0.3, -0.25) is 4.79 Å². The molecule has 1 aliphatic heterocycles. The van der Waals surface area contributed by atoms with Crippen molar-refractivity contribution in [3.63, 3.8) is 0 Å². The predicted octanol–water partition coefficient (Wildman–Crippen LogP) is 1.48. The summed E-state index contributed by atoms with van der Waals surface area (Å²) in [5.74, 6) is -1.32. The van der Waals surface area contributed by atoms with Crippen molar-refractivity contribution in [3.8, 4) is 0 Å². The van der Waals surface area contributed by atoms with E-state index in [9.17, 15) is 9.59 Å². The van der Waals surface area contributed by atoms with Crippen LogP contribution in [0.3, 0.4) is 0 Å². The predicted molar refractivity (Wildman–Crippen MR) is 69.6 cm³/mol. The molecule has 0 bridgehead atoms. The van der Waals surface area contributed by atoms with Crippen molar-refractivity contribution in [1.82, 2.24) is 9.88 Å². The third kappa shape index (κ3) is 2.93. The van der Waals surface area contributed by atoms with Gasteiger partial charge in [-0.1, -0.05) is 6.92 Å². The maximum Gasteiger partial charge on any atom is 0.355 e. The number of hydrogen-bond acceptors (Lipinski definition) is 5. The Labute approximate surface area is 115 Å². The van der Waals surface area contributed by atoms with Gasteiger partial charge < -0.3 is 14.7 Å². The quantitative estimate of drug-likeness (QED) is 0.909. The van der Waals surface area contributed by atoms with Crippen molar-refractivity contribution in [2.45, 2.75) is 32.4 Å². The summed E-state index contributed by atoms with van der Waals surface area (Å²) in [5, 5.41) is 10.4. The number of aromatic nitrogens is 1. The van der Waals surface area contributed by atoms with Crippen molar-refractivity contribution in [2.75, 3.05) is 13.2 Å². The zero-order valence-electron chi connectivity index (χ0n) is 10.8. The molecule has 0 aromatic carbocycles. The molecule has 1 aromatic heterocycles. The van der Waals surface area contributed by atoms with Crippen LogP contribution >= 0.6 is 11.3 Å². The summed E-state index contributed by atoms with van der Waals surface area (Å²) in [6.45, 7) is 4.94. The zero-order valence-corrected chi connectivity index (χ0v) is 11.6. The first-order valence-corrected chi connectivity index (χ1v) is 7.02. The van der Waals surface area contributed by atoms with E-state index < -0.39 is 5.97 Å². The highest BCUT2D eigenvalue weighted by molar-refractivity contribution is 7.11. The molecular formula is C12H16N2O4S. The van der Waals surface area contributed by atoms with E-state index in [2.05, 4.69) is 4.98 Å². The fourth-order valence-electron chi connectivity index (χ4n) is 2.02. The minimum Gasteiger partial charge on any atom is -0.476 e. The number of hydrogen-bond donors (Lipinski definition) is 1. The standard InChI is InChI=1S/C12H16N2O4S/c1-3-8-5-18-7(2)4-14(8)11(15)10-13-9(6-19-10)12(16)17/h6-8H,3-5H2,1-2H3,(H,16,17). The number of morpholine rings is 1. The first-order valence-electron chi connectivity index (χ1n) is 6.14. The van der Waals surface area contributed by atoms with E-state index >= 15 is 0 Å². The average molecular weight is 284 g/mol. The van der Waals surface area contributed by atoms with Crippen LogP contribution in [-0.2, 0) is 4.74 Å². The lowest BCUT2D eigenvalue weighted by atomic mass is 10.1. The Kier molecular flexibility index (Phi) is 4.16. The number of carbonyl (C=O) groups is 2. The normalized spacial score (nSPS) is 23.4. The van der Waals surface area contributed by atoms with E-state index in [1.807, 2.05) is 13.8 Å². The van der Waals surface area contributed by atoms with Gasteiger partial charge in [0.05, 0.1) is 18.8 Å². The second kappa shape index (κ2) is 5.66. The number of amides is 1. The summed E-state index contributed by atoms with van der Waals surface area (Å²) in [6.07, 6.45) is 0.793. The maximum atomic E-state index is 12.4. The highest BCUT2D eigenvalue weighted by atomic mass is 32.1. The molecule has 2 unspecified atom stereocenters. The highest BCUT2D eigenvalue weighted by Gasteiger charge is 2.31. The topological polar surface area (TPSA) is 79.7 Å². The summed E-state index contributed by atoms with van der Waals surface area (Å²) in [4.78, 5) is 28.8. The van der Waals surface area contributed by atoms with E-state index in [1.54, 1.807) is 4.90 Å². The minimum atomic E-state index is -1.11. The Morgan fingerprint density at radius 1 is 1.63 bits per heavy atom. The van der Waals surface area contributed by atoms with Crippen molar-refractivity contribution in [1.29, 1.82) is 0 Å².